The van der Waals surface area contributed by atoms with Crippen molar-refractivity contribution < 1.29 is 9.59 Å². The zero-order valence-corrected chi connectivity index (χ0v) is 17.3. The van der Waals surface area contributed by atoms with Crippen LogP contribution in [0.2, 0.25) is 0 Å². The molecule has 7 heteroatoms. The number of carbonyl (C=O) groups excluding carboxylic acids is 2. The second-order valence-corrected chi connectivity index (χ2v) is 7.55. The van der Waals surface area contributed by atoms with Crippen LogP contribution in [0, 0.1) is 6.92 Å². The predicted molar refractivity (Wildman–Crippen MR) is 119 cm³/mol. The third kappa shape index (κ3) is 4.66. The molecular weight excluding hydrogens is 392 g/mol. The van der Waals surface area contributed by atoms with Crippen molar-refractivity contribution >= 4 is 17.6 Å². The molecule has 0 radical (unpaired) electrons. The molecule has 0 saturated carbocycles. The molecule has 2 heterocycles. The Balaban J connectivity index is 1.36. The molecule has 3 amide bonds. The Morgan fingerprint density at radius 1 is 1.03 bits per heavy atom. The normalized spacial score (nSPS) is 13.2. The highest BCUT2D eigenvalue weighted by Crippen LogP contribution is 2.23. The second-order valence-electron chi connectivity index (χ2n) is 7.55. The molecule has 1 aromatic heterocycles. The summed E-state index contributed by atoms with van der Waals surface area (Å²) in [6.45, 7) is 4.06. The fraction of sp³-hybridized carbons (Fsp3) is 0.208. The van der Waals surface area contributed by atoms with Gasteiger partial charge in [0.15, 0.2) is 0 Å². The number of aromatic nitrogens is 1. The van der Waals surface area contributed by atoms with Crippen LogP contribution in [0.1, 0.15) is 27.0 Å². The van der Waals surface area contributed by atoms with Gasteiger partial charge in [-0.1, -0.05) is 30.3 Å². The number of pyridine rings is 1. The van der Waals surface area contributed by atoms with E-state index in [1.165, 1.54) is 6.07 Å². The topological polar surface area (TPSA) is 83.4 Å². The summed E-state index contributed by atoms with van der Waals surface area (Å²) in [5.74, 6) is -0.166. The first-order chi connectivity index (χ1) is 15.0. The molecule has 2 aromatic carbocycles. The number of nitrogens with one attached hydrogen (secondary N) is 2. The van der Waals surface area contributed by atoms with E-state index in [4.69, 9.17) is 0 Å². The molecule has 0 atom stereocenters. The number of anilines is 1. The summed E-state index contributed by atoms with van der Waals surface area (Å²) in [4.78, 5) is 38.0. The van der Waals surface area contributed by atoms with Gasteiger partial charge >= 0.3 is 6.03 Å². The van der Waals surface area contributed by atoms with Gasteiger partial charge in [-0.15, -0.1) is 0 Å². The molecule has 4 rings (SSSR count). The summed E-state index contributed by atoms with van der Waals surface area (Å²) < 4.78 is 1.65. The minimum absolute atomic E-state index is 0.0366. The Hall–Kier alpha value is -3.87. The van der Waals surface area contributed by atoms with Crippen molar-refractivity contribution in [2.75, 3.05) is 18.0 Å². The standard InChI is InChI=1S/C24H24N4O3/c1-17-14-20(9-10-21(17)28-13-11-25-24(28)31)23(30)26-15-18-5-7-19(8-6-18)16-27-12-3-2-4-22(27)29/h2-10,12,14H,11,13,15-16H2,1H3,(H,25,31)(H,26,30). The van der Waals surface area contributed by atoms with Gasteiger partial charge in [-0.2, -0.15) is 0 Å². The smallest absolute Gasteiger partial charge is 0.322 e. The van der Waals surface area contributed by atoms with E-state index in [9.17, 15) is 14.4 Å². The van der Waals surface area contributed by atoms with Gasteiger partial charge in [-0.3, -0.25) is 14.5 Å². The van der Waals surface area contributed by atoms with Gasteiger partial charge in [0.05, 0.1) is 6.54 Å². The van der Waals surface area contributed by atoms with Crippen LogP contribution in [-0.4, -0.2) is 29.6 Å². The van der Waals surface area contributed by atoms with Crippen molar-refractivity contribution in [2.24, 2.45) is 0 Å². The fourth-order valence-corrected chi connectivity index (χ4v) is 3.64. The minimum Gasteiger partial charge on any atom is -0.348 e. The molecule has 0 aliphatic carbocycles. The quantitative estimate of drug-likeness (QED) is 0.648. The first kappa shape index (κ1) is 20.4. The SMILES string of the molecule is Cc1cc(C(=O)NCc2ccc(Cn3ccccc3=O)cc2)ccc1N1CCNC1=O. The summed E-state index contributed by atoms with van der Waals surface area (Å²) >= 11 is 0. The lowest BCUT2D eigenvalue weighted by Gasteiger charge is -2.17. The second kappa shape index (κ2) is 8.87. The fourth-order valence-electron chi connectivity index (χ4n) is 3.64. The Bertz CT molecular complexity index is 1170. The van der Waals surface area contributed by atoms with Crippen LogP contribution >= 0.6 is 0 Å². The molecule has 1 aliphatic rings. The van der Waals surface area contributed by atoms with Crippen LogP contribution in [0.15, 0.2) is 71.7 Å². The number of benzene rings is 2. The van der Waals surface area contributed by atoms with Crippen molar-refractivity contribution in [2.45, 2.75) is 20.0 Å². The number of amides is 3. The van der Waals surface area contributed by atoms with Crippen molar-refractivity contribution in [1.29, 1.82) is 0 Å². The molecule has 2 N–H and O–H groups in total. The molecular formula is C24H24N4O3. The zero-order valence-electron chi connectivity index (χ0n) is 17.3. The van der Waals surface area contributed by atoms with Gasteiger partial charge < -0.3 is 15.2 Å². The van der Waals surface area contributed by atoms with Gasteiger partial charge in [0.2, 0.25) is 0 Å². The first-order valence-electron chi connectivity index (χ1n) is 10.2. The molecule has 7 nitrogen and oxygen atoms in total. The third-order valence-electron chi connectivity index (χ3n) is 5.33. The molecule has 3 aromatic rings. The highest BCUT2D eigenvalue weighted by Gasteiger charge is 2.22. The molecule has 0 unspecified atom stereocenters. The largest absolute Gasteiger partial charge is 0.348 e. The molecule has 31 heavy (non-hydrogen) atoms. The highest BCUT2D eigenvalue weighted by molar-refractivity contribution is 5.97. The molecule has 0 spiro atoms. The van der Waals surface area contributed by atoms with E-state index in [2.05, 4.69) is 10.6 Å². The van der Waals surface area contributed by atoms with Crippen LogP contribution < -0.4 is 21.1 Å². The molecule has 1 aliphatic heterocycles. The van der Waals surface area contributed by atoms with Gasteiger partial charge in [0, 0.05) is 43.1 Å². The Kier molecular flexibility index (Phi) is 5.84. The van der Waals surface area contributed by atoms with Crippen LogP contribution in [0.4, 0.5) is 10.5 Å². The molecule has 158 valence electrons. The average Bonchev–Trinajstić information content (AvgIpc) is 3.20. The monoisotopic (exact) mass is 416 g/mol. The summed E-state index contributed by atoms with van der Waals surface area (Å²) in [5, 5.41) is 5.71. The molecule has 1 fully saturated rings. The number of rotatable bonds is 6. The maximum absolute atomic E-state index is 12.6. The number of aryl methyl sites for hydroxylation is 1. The van der Waals surface area contributed by atoms with Crippen LogP contribution in [0.3, 0.4) is 0 Å². The highest BCUT2D eigenvalue weighted by atomic mass is 16.2. The van der Waals surface area contributed by atoms with E-state index in [1.807, 2.05) is 43.3 Å². The lowest BCUT2D eigenvalue weighted by Crippen LogP contribution is -2.28. The van der Waals surface area contributed by atoms with E-state index in [0.29, 0.717) is 31.7 Å². The Morgan fingerprint density at radius 3 is 2.48 bits per heavy atom. The van der Waals surface area contributed by atoms with Crippen molar-refractivity contribution in [1.82, 2.24) is 15.2 Å². The molecule has 0 bridgehead atoms. The van der Waals surface area contributed by atoms with Crippen molar-refractivity contribution in [3.63, 3.8) is 0 Å². The summed E-state index contributed by atoms with van der Waals surface area (Å²) in [5.41, 5.74) is 4.21. The van der Waals surface area contributed by atoms with Crippen molar-refractivity contribution in [3.05, 3.63) is 99.5 Å². The summed E-state index contributed by atoms with van der Waals surface area (Å²) in [7, 11) is 0. The van der Waals surface area contributed by atoms with E-state index >= 15 is 0 Å². The Labute approximate surface area is 180 Å². The van der Waals surface area contributed by atoms with Gasteiger partial charge in [-0.25, -0.2) is 4.79 Å². The minimum atomic E-state index is -0.166. The van der Waals surface area contributed by atoms with Crippen molar-refractivity contribution in [3.8, 4) is 0 Å². The number of urea groups is 1. The maximum atomic E-state index is 12.6. The van der Waals surface area contributed by atoms with E-state index in [0.717, 1.165) is 22.4 Å². The lowest BCUT2D eigenvalue weighted by molar-refractivity contribution is 0.0951. The van der Waals surface area contributed by atoms with Crippen LogP contribution in [-0.2, 0) is 13.1 Å². The summed E-state index contributed by atoms with van der Waals surface area (Å²) in [6, 6.07) is 18.2. The average molecular weight is 416 g/mol. The Morgan fingerprint density at radius 2 is 1.81 bits per heavy atom. The number of carbonyl (C=O) groups is 2. The van der Waals surface area contributed by atoms with Crippen LogP contribution in [0.25, 0.3) is 0 Å². The third-order valence-corrected chi connectivity index (χ3v) is 5.33. The van der Waals surface area contributed by atoms with E-state index in [1.54, 1.807) is 33.9 Å². The first-order valence-corrected chi connectivity index (χ1v) is 10.2. The number of nitrogens with zero attached hydrogens (tertiary/aromatic N) is 2. The summed E-state index contributed by atoms with van der Waals surface area (Å²) in [6.07, 6.45) is 1.76. The molecule has 1 saturated heterocycles. The van der Waals surface area contributed by atoms with Gasteiger partial charge in [-0.05, 0) is 47.9 Å². The zero-order chi connectivity index (χ0) is 21.8. The van der Waals surface area contributed by atoms with E-state index in [-0.39, 0.29) is 17.5 Å². The number of hydrogen-bond donors (Lipinski definition) is 2. The van der Waals surface area contributed by atoms with E-state index < -0.39 is 0 Å². The lowest BCUT2D eigenvalue weighted by atomic mass is 10.1. The van der Waals surface area contributed by atoms with Gasteiger partial charge in [0.25, 0.3) is 11.5 Å². The maximum Gasteiger partial charge on any atom is 0.322 e. The van der Waals surface area contributed by atoms with Crippen LogP contribution in [0.5, 0.6) is 0 Å². The van der Waals surface area contributed by atoms with Gasteiger partial charge in [0.1, 0.15) is 0 Å². The number of hydrogen-bond acceptors (Lipinski definition) is 3. The predicted octanol–water partition coefficient (Wildman–Crippen LogP) is 2.66.